The van der Waals surface area contributed by atoms with E-state index in [9.17, 15) is 8.78 Å². The molecule has 0 amide bonds. The van der Waals surface area contributed by atoms with E-state index in [2.05, 4.69) is 10.2 Å². The van der Waals surface area contributed by atoms with Gasteiger partial charge in [0.15, 0.2) is 0 Å². The van der Waals surface area contributed by atoms with Crippen molar-refractivity contribution in [2.75, 3.05) is 0 Å². The lowest BCUT2D eigenvalue weighted by Crippen LogP contribution is -2.31. The molecule has 1 aliphatic carbocycles. The smallest absolute Gasteiger partial charge is 0.387 e. The average molecular weight is 256 g/mol. The van der Waals surface area contributed by atoms with Crippen molar-refractivity contribution in [1.29, 1.82) is 0 Å². The number of ether oxygens (including phenoxy) is 1. The molecule has 1 atom stereocenters. The fourth-order valence-electron chi connectivity index (χ4n) is 2.27. The molecule has 0 radical (unpaired) electrons. The number of rotatable bonds is 6. The van der Waals surface area contributed by atoms with E-state index >= 15 is 0 Å². The number of nitrogens with two attached hydrogens (primary N) is 1. The summed E-state index contributed by atoms with van der Waals surface area (Å²) in [5.41, 5.74) is 3.65. The van der Waals surface area contributed by atoms with E-state index < -0.39 is 6.61 Å². The van der Waals surface area contributed by atoms with Crippen molar-refractivity contribution in [2.45, 2.75) is 38.3 Å². The molecule has 1 aromatic carbocycles. The Balaban J connectivity index is 2.04. The van der Waals surface area contributed by atoms with E-state index in [1.165, 1.54) is 25.3 Å². The highest BCUT2D eigenvalue weighted by Gasteiger charge is 2.22. The monoisotopic (exact) mass is 256 g/mol. The number of hydrazine groups is 1. The summed E-state index contributed by atoms with van der Waals surface area (Å²) in [7, 11) is 0. The molecule has 1 aromatic rings. The van der Waals surface area contributed by atoms with Gasteiger partial charge in [-0.15, -0.1) is 0 Å². The van der Waals surface area contributed by atoms with Crippen LogP contribution in [0.15, 0.2) is 24.3 Å². The summed E-state index contributed by atoms with van der Waals surface area (Å²) in [6, 6.07) is 6.72. The molecule has 0 heterocycles. The highest BCUT2D eigenvalue weighted by atomic mass is 19.3. The van der Waals surface area contributed by atoms with Gasteiger partial charge in [-0.1, -0.05) is 31.4 Å². The first-order valence-electron chi connectivity index (χ1n) is 6.20. The molecule has 3 nitrogen and oxygen atoms in total. The first kappa shape index (κ1) is 13.2. The molecule has 3 N–H and O–H groups in total. The van der Waals surface area contributed by atoms with E-state index in [0.29, 0.717) is 5.92 Å². The lowest BCUT2D eigenvalue weighted by Gasteiger charge is -2.29. The van der Waals surface area contributed by atoms with Gasteiger partial charge in [0.25, 0.3) is 0 Å². The second-order valence-corrected chi connectivity index (χ2v) is 4.70. The van der Waals surface area contributed by atoms with Crippen molar-refractivity contribution < 1.29 is 13.5 Å². The molecule has 1 fully saturated rings. The Bertz CT molecular complexity index is 383. The maximum atomic E-state index is 12.1. The van der Waals surface area contributed by atoms with E-state index in [4.69, 9.17) is 5.84 Å². The van der Waals surface area contributed by atoms with E-state index in [1.54, 1.807) is 12.1 Å². The number of alkyl halides is 2. The zero-order chi connectivity index (χ0) is 13.0. The van der Waals surface area contributed by atoms with Gasteiger partial charge in [-0.2, -0.15) is 8.78 Å². The molecule has 5 heteroatoms. The molecule has 0 bridgehead atoms. The molecule has 18 heavy (non-hydrogen) atoms. The van der Waals surface area contributed by atoms with Gasteiger partial charge in [-0.3, -0.25) is 11.3 Å². The third-order valence-corrected chi connectivity index (χ3v) is 3.48. The lowest BCUT2D eigenvalue weighted by atomic mass is 9.80. The van der Waals surface area contributed by atoms with Crippen LogP contribution in [0.3, 0.4) is 0 Å². The molecule has 0 aromatic heterocycles. The second kappa shape index (κ2) is 6.11. The summed E-state index contributed by atoms with van der Waals surface area (Å²) in [5, 5.41) is 0. The number of halogens is 2. The zero-order valence-electron chi connectivity index (χ0n) is 10.1. The highest BCUT2D eigenvalue weighted by molar-refractivity contribution is 5.30. The first-order valence-corrected chi connectivity index (χ1v) is 6.20. The largest absolute Gasteiger partial charge is 0.435 e. The summed E-state index contributed by atoms with van der Waals surface area (Å²) in [4.78, 5) is 0. The van der Waals surface area contributed by atoms with Gasteiger partial charge >= 0.3 is 6.61 Å². The number of hydrogen-bond acceptors (Lipinski definition) is 3. The quantitative estimate of drug-likeness (QED) is 0.607. The third-order valence-electron chi connectivity index (χ3n) is 3.48. The molecular weight excluding hydrogens is 238 g/mol. The summed E-state index contributed by atoms with van der Waals surface area (Å²) in [6.45, 7) is -2.80. The van der Waals surface area contributed by atoms with Crippen LogP contribution in [0.2, 0.25) is 0 Å². The number of hydrogen-bond donors (Lipinski definition) is 2. The molecule has 2 rings (SSSR count). The molecule has 0 saturated heterocycles. The molecule has 0 aliphatic heterocycles. The van der Waals surface area contributed by atoms with E-state index in [0.717, 1.165) is 12.0 Å². The van der Waals surface area contributed by atoms with Crippen molar-refractivity contribution in [1.82, 2.24) is 5.43 Å². The van der Waals surface area contributed by atoms with Crippen LogP contribution < -0.4 is 16.0 Å². The van der Waals surface area contributed by atoms with Crippen LogP contribution in [0.25, 0.3) is 0 Å². The Labute approximate surface area is 105 Å². The minimum atomic E-state index is -2.80. The fraction of sp³-hybridized carbons (Fsp3) is 0.538. The van der Waals surface area contributed by atoms with Crippen LogP contribution in [0.5, 0.6) is 5.75 Å². The Morgan fingerprint density at radius 1 is 1.39 bits per heavy atom. The van der Waals surface area contributed by atoms with Gasteiger partial charge in [0.2, 0.25) is 0 Å². The topological polar surface area (TPSA) is 47.3 Å². The van der Waals surface area contributed by atoms with Gasteiger partial charge in [0.1, 0.15) is 5.75 Å². The summed E-state index contributed by atoms with van der Waals surface area (Å²) in [5.74, 6) is 6.41. The van der Waals surface area contributed by atoms with Crippen LogP contribution in [-0.4, -0.2) is 6.61 Å². The van der Waals surface area contributed by atoms with E-state index in [-0.39, 0.29) is 11.8 Å². The Hall–Kier alpha value is -1.20. The maximum Gasteiger partial charge on any atom is 0.387 e. The second-order valence-electron chi connectivity index (χ2n) is 4.70. The van der Waals surface area contributed by atoms with Crippen molar-refractivity contribution in [3.8, 4) is 5.75 Å². The van der Waals surface area contributed by atoms with E-state index in [1.807, 2.05) is 6.07 Å². The van der Waals surface area contributed by atoms with Crippen molar-refractivity contribution in [3.63, 3.8) is 0 Å². The normalized spacial score (nSPS) is 17.6. The number of benzene rings is 1. The standard InChI is InChI=1S/C13H18F2N2O/c14-13(15)18-11-6-2-5-10(8-11)12(17-16)7-9-3-1-4-9/h2,5-6,8-9,12-13,17H,1,3-4,7,16H2. The minimum absolute atomic E-state index is 0.00322. The van der Waals surface area contributed by atoms with Crippen LogP contribution in [0, 0.1) is 5.92 Å². The fourth-order valence-corrected chi connectivity index (χ4v) is 2.27. The van der Waals surface area contributed by atoms with Crippen LogP contribution >= 0.6 is 0 Å². The van der Waals surface area contributed by atoms with Crippen LogP contribution in [-0.2, 0) is 0 Å². The molecule has 1 aliphatic rings. The van der Waals surface area contributed by atoms with Crippen molar-refractivity contribution in [2.24, 2.45) is 11.8 Å². The van der Waals surface area contributed by atoms with Gasteiger partial charge in [-0.05, 0) is 30.0 Å². The average Bonchev–Trinajstić information content (AvgIpc) is 2.27. The minimum Gasteiger partial charge on any atom is -0.435 e. The molecule has 0 spiro atoms. The Morgan fingerprint density at radius 3 is 2.72 bits per heavy atom. The number of nitrogens with one attached hydrogen (secondary N) is 1. The summed E-state index contributed by atoms with van der Waals surface area (Å²) in [6.07, 6.45) is 4.67. The zero-order valence-corrected chi connectivity index (χ0v) is 10.1. The summed E-state index contributed by atoms with van der Waals surface area (Å²) >= 11 is 0. The molecule has 1 unspecified atom stereocenters. The molecular formula is C13H18F2N2O. The predicted molar refractivity (Wildman–Crippen MR) is 65.1 cm³/mol. The Kier molecular flexibility index (Phi) is 4.49. The molecule has 100 valence electrons. The lowest BCUT2D eigenvalue weighted by molar-refractivity contribution is -0.0499. The predicted octanol–water partition coefficient (Wildman–Crippen LogP) is 2.98. The Morgan fingerprint density at radius 2 is 2.17 bits per heavy atom. The van der Waals surface area contributed by atoms with Gasteiger partial charge < -0.3 is 4.74 Å². The maximum absolute atomic E-state index is 12.1. The van der Waals surface area contributed by atoms with Gasteiger partial charge in [0, 0.05) is 6.04 Å². The first-order chi connectivity index (χ1) is 8.69. The SMILES string of the molecule is NNC(CC1CCC1)c1cccc(OC(F)F)c1. The van der Waals surface area contributed by atoms with Crippen molar-refractivity contribution in [3.05, 3.63) is 29.8 Å². The van der Waals surface area contributed by atoms with Gasteiger partial charge in [0.05, 0.1) is 0 Å². The molecule has 1 saturated carbocycles. The summed E-state index contributed by atoms with van der Waals surface area (Å²) < 4.78 is 28.7. The van der Waals surface area contributed by atoms with Crippen LogP contribution in [0.1, 0.15) is 37.3 Å². The van der Waals surface area contributed by atoms with Gasteiger partial charge in [-0.25, -0.2) is 0 Å². The van der Waals surface area contributed by atoms with Crippen LogP contribution in [0.4, 0.5) is 8.78 Å². The third kappa shape index (κ3) is 3.40. The highest BCUT2D eigenvalue weighted by Crippen LogP contribution is 2.35. The van der Waals surface area contributed by atoms with Crippen molar-refractivity contribution >= 4 is 0 Å².